The second-order valence-electron chi connectivity index (χ2n) is 4.19. The second-order valence-corrected chi connectivity index (χ2v) is 4.94. The third-order valence-electron chi connectivity index (χ3n) is 2.85. The number of nitro groups is 1. The summed E-state index contributed by atoms with van der Waals surface area (Å²) in [6.45, 7) is 4.49. The molecule has 0 bridgehead atoms. The van der Waals surface area contributed by atoms with Crippen molar-refractivity contribution in [3.8, 4) is 0 Å². The molecule has 1 aromatic heterocycles. The Labute approximate surface area is 109 Å². The molecule has 1 aromatic carbocycles. The summed E-state index contributed by atoms with van der Waals surface area (Å²) in [5.74, 6) is 0. The van der Waals surface area contributed by atoms with Crippen molar-refractivity contribution in [1.29, 1.82) is 0 Å². The van der Waals surface area contributed by atoms with E-state index >= 15 is 0 Å². The molecule has 0 amide bonds. The molecule has 5 heteroatoms. The number of nitro benzene ring substituents is 1. The highest BCUT2D eigenvalue weighted by Gasteiger charge is 2.10. The van der Waals surface area contributed by atoms with Crippen LogP contribution >= 0.6 is 11.3 Å². The van der Waals surface area contributed by atoms with Crippen molar-refractivity contribution in [3.05, 3.63) is 55.8 Å². The average Bonchev–Trinajstić information content (AvgIpc) is 2.73. The molecule has 4 nitrogen and oxygen atoms in total. The van der Waals surface area contributed by atoms with Crippen LogP contribution in [0.1, 0.15) is 16.7 Å². The standard InChI is InChI=1S/C13H14N2O2S/c1-9-3-4-12(5-13(9)15(16)17)14-6-11-8-18-7-10(11)2/h3-5,7-8,14H,6H2,1-2H3. The van der Waals surface area contributed by atoms with Crippen LogP contribution in [0.5, 0.6) is 0 Å². The number of hydrogen-bond acceptors (Lipinski definition) is 4. The number of nitrogens with zero attached hydrogens (tertiary/aromatic N) is 1. The number of thiophene rings is 1. The van der Waals surface area contributed by atoms with E-state index in [1.165, 1.54) is 11.1 Å². The monoisotopic (exact) mass is 262 g/mol. The summed E-state index contributed by atoms with van der Waals surface area (Å²) in [5, 5.41) is 18.2. The zero-order valence-electron chi connectivity index (χ0n) is 10.3. The van der Waals surface area contributed by atoms with Crippen molar-refractivity contribution < 1.29 is 4.92 Å². The lowest BCUT2D eigenvalue weighted by molar-refractivity contribution is -0.385. The first kappa shape index (κ1) is 12.6. The quantitative estimate of drug-likeness (QED) is 0.672. The lowest BCUT2D eigenvalue weighted by atomic mass is 10.1. The van der Waals surface area contributed by atoms with Gasteiger partial charge in [0, 0.05) is 23.9 Å². The molecule has 0 unspecified atom stereocenters. The Bertz CT molecular complexity index is 578. The van der Waals surface area contributed by atoms with Gasteiger partial charge in [-0.25, -0.2) is 0 Å². The van der Waals surface area contributed by atoms with Gasteiger partial charge in [0.25, 0.3) is 5.69 Å². The number of aryl methyl sites for hydroxylation is 2. The highest BCUT2D eigenvalue weighted by Crippen LogP contribution is 2.23. The van der Waals surface area contributed by atoms with Gasteiger partial charge in [-0.05, 0) is 41.8 Å². The SMILES string of the molecule is Cc1cscc1CNc1ccc(C)c([N+](=O)[O-])c1. The normalized spacial score (nSPS) is 10.3. The maximum atomic E-state index is 10.8. The predicted octanol–water partition coefficient (Wildman–Crippen LogP) is 3.89. The molecule has 0 atom stereocenters. The molecular formula is C13H14N2O2S. The Morgan fingerprint density at radius 3 is 2.67 bits per heavy atom. The first-order chi connectivity index (χ1) is 8.58. The molecule has 0 saturated carbocycles. The van der Waals surface area contributed by atoms with Gasteiger partial charge in [-0.1, -0.05) is 6.07 Å². The minimum atomic E-state index is -0.351. The topological polar surface area (TPSA) is 55.2 Å². The molecule has 0 aliphatic rings. The van der Waals surface area contributed by atoms with Crippen molar-refractivity contribution in [2.45, 2.75) is 20.4 Å². The third-order valence-corrected chi connectivity index (χ3v) is 3.76. The van der Waals surface area contributed by atoms with Crippen LogP contribution < -0.4 is 5.32 Å². The zero-order valence-corrected chi connectivity index (χ0v) is 11.1. The molecule has 0 aliphatic carbocycles. The lowest BCUT2D eigenvalue weighted by Crippen LogP contribution is -2.01. The number of nitrogens with one attached hydrogen (secondary N) is 1. The summed E-state index contributed by atoms with van der Waals surface area (Å²) in [5.41, 5.74) is 4.08. The van der Waals surface area contributed by atoms with Crippen molar-refractivity contribution >= 4 is 22.7 Å². The predicted molar refractivity (Wildman–Crippen MR) is 74.2 cm³/mol. The van der Waals surface area contributed by atoms with Gasteiger partial charge in [0.05, 0.1) is 4.92 Å². The van der Waals surface area contributed by atoms with Gasteiger partial charge in [-0.15, -0.1) is 0 Å². The van der Waals surface area contributed by atoms with Gasteiger partial charge in [0.2, 0.25) is 0 Å². The number of hydrogen-bond donors (Lipinski definition) is 1. The smallest absolute Gasteiger partial charge is 0.274 e. The molecule has 2 rings (SSSR count). The molecule has 94 valence electrons. The van der Waals surface area contributed by atoms with Crippen molar-refractivity contribution in [2.24, 2.45) is 0 Å². The van der Waals surface area contributed by atoms with Gasteiger partial charge in [-0.3, -0.25) is 10.1 Å². The van der Waals surface area contributed by atoms with Gasteiger partial charge in [-0.2, -0.15) is 11.3 Å². The van der Waals surface area contributed by atoms with E-state index in [1.807, 2.05) is 6.07 Å². The molecule has 18 heavy (non-hydrogen) atoms. The molecular weight excluding hydrogens is 248 g/mol. The van der Waals surface area contributed by atoms with Gasteiger partial charge in [0.15, 0.2) is 0 Å². The van der Waals surface area contributed by atoms with Gasteiger partial charge in [0.1, 0.15) is 0 Å². The van der Waals surface area contributed by atoms with Crippen molar-refractivity contribution in [3.63, 3.8) is 0 Å². The average molecular weight is 262 g/mol. The third kappa shape index (κ3) is 2.68. The summed E-state index contributed by atoms with van der Waals surface area (Å²) in [6, 6.07) is 5.21. The van der Waals surface area contributed by atoms with E-state index in [0.717, 1.165) is 5.69 Å². The number of rotatable bonds is 4. The fourth-order valence-electron chi connectivity index (χ4n) is 1.68. The highest BCUT2D eigenvalue weighted by molar-refractivity contribution is 7.08. The van der Waals surface area contributed by atoms with E-state index in [2.05, 4.69) is 23.0 Å². The van der Waals surface area contributed by atoms with Crippen LogP contribution in [0.15, 0.2) is 29.0 Å². The Morgan fingerprint density at radius 1 is 1.28 bits per heavy atom. The summed E-state index contributed by atoms with van der Waals surface area (Å²) in [7, 11) is 0. The lowest BCUT2D eigenvalue weighted by Gasteiger charge is -2.07. The summed E-state index contributed by atoms with van der Waals surface area (Å²) in [6.07, 6.45) is 0. The molecule has 0 aliphatic heterocycles. The van der Waals surface area contributed by atoms with Crippen molar-refractivity contribution in [2.75, 3.05) is 5.32 Å². The molecule has 0 fully saturated rings. The molecule has 1 heterocycles. The summed E-state index contributed by atoms with van der Waals surface area (Å²) in [4.78, 5) is 10.5. The maximum absolute atomic E-state index is 10.8. The molecule has 0 radical (unpaired) electrons. The van der Waals surface area contributed by atoms with E-state index in [1.54, 1.807) is 30.4 Å². The Morgan fingerprint density at radius 2 is 2.06 bits per heavy atom. The van der Waals surface area contributed by atoms with E-state index in [0.29, 0.717) is 12.1 Å². The van der Waals surface area contributed by atoms with Crippen LogP contribution in [-0.2, 0) is 6.54 Å². The number of anilines is 1. The highest BCUT2D eigenvalue weighted by atomic mass is 32.1. The zero-order chi connectivity index (χ0) is 13.1. The Hall–Kier alpha value is -1.88. The Kier molecular flexibility index (Phi) is 3.62. The summed E-state index contributed by atoms with van der Waals surface area (Å²) < 4.78 is 0. The maximum Gasteiger partial charge on any atom is 0.274 e. The van der Waals surface area contributed by atoms with E-state index < -0.39 is 0 Å². The fourth-order valence-corrected chi connectivity index (χ4v) is 2.54. The van der Waals surface area contributed by atoms with E-state index in [-0.39, 0.29) is 10.6 Å². The number of benzene rings is 1. The first-order valence-corrected chi connectivity index (χ1v) is 6.53. The van der Waals surface area contributed by atoms with Crippen LogP contribution in [0, 0.1) is 24.0 Å². The van der Waals surface area contributed by atoms with Crippen LogP contribution in [0.2, 0.25) is 0 Å². The van der Waals surface area contributed by atoms with Crippen LogP contribution in [0.4, 0.5) is 11.4 Å². The Balaban J connectivity index is 2.13. The largest absolute Gasteiger partial charge is 0.381 e. The second kappa shape index (κ2) is 5.18. The van der Waals surface area contributed by atoms with E-state index in [9.17, 15) is 10.1 Å². The molecule has 1 N–H and O–H groups in total. The van der Waals surface area contributed by atoms with Crippen LogP contribution in [0.25, 0.3) is 0 Å². The molecule has 0 saturated heterocycles. The van der Waals surface area contributed by atoms with Crippen LogP contribution in [-0.4, -0.2) is 4.92 Å². The summed E-state index contributed by atoms with van der Waals surface area (Å²) >= 11 is 1.66. The minimum absolute atomic E-state index is 0.155. The van der Waals surface area contributed by atoms with Gasteiger partial charge < -0.3 is 5.32 Å². The van der Waals surface area contributed by atoms with E-state index in [4.69, 9.17) is 0 Å². The minimum Gasteiger partial charge on any atom is -0.381 e. The van der Waals surface area contributed by atoms with Crippen molar-refractivity contribution in [1.82, 2.24) is 0 Å². The van der Waals surface area contributed by atoms with Gasteiger partial charge >= 0.3 is 0 Å². The molecule has 0 spiro atoms. The fraction of sp³-hybridized carbons (Fsp3) is 0.231. The molecule has 2 aromatic rings. The van der Waals surface area contributed by atoms with Crippen LogP contribution in [0.3, 0.4) is 0 Å². The first-order valence-electron chi connectivity index (χ1n) is 5.58.